The Morgan fingerprint density at radius 3 is 1.90 bits per heavy atom. The van der Waals surface area contributed by atoms with E-state index in [2.05, 4.69) is 10.0 Å². The molecule has 210 valence electrons. The predicted molar refractivity (Wildman–Crippen MR) is 144 cm³/mol. The van der Waals surface area contributed by atoms with Crippen LogP contribution < -0.4 is 9.47 Å². The van der Waals surface area contributed by atoms with Gasteiger partial charge in [0.05, 0.1) is 20.8 Å². The molecule has 40 heavy (non-hydrogen) atoms. The summed E-state index contributed by atoms with van der Waals surface area (Å²) in [6.45, 7) is 0.898. The molecule has 1 aliphatic heterocycles. The lowest BCUT2D eigenvalue weighted by Crippen LogP contribution is -2.59. The van der Waals surface area contributed by atoms with Gasteiger partial charge in [0.25, 0.3) is 0 Å². The highest BCUT2D eigenvalue weighted by Gasteiger charge is 2.48. The lowest BCUT2D eigenvalue weighted by Gasteiger charge is -2.42. The molecule has 11 nitrogen and oxygen atoms in total. The van der Waals surface area contributed by atoms with Crippen molar-refractivity contribution in [1.82, 2.24) is 0 Å². The normalized spacial score (nSPS) is 22.6. The first kappa shape index (κ1) is 28.9. The summed E-state index contributed by atoms with van der Waals surface area (Å²) in [6.07, 6.45) is -7.02. The maximum absolute atomic E-state index is 11.6. The van der Waals surface area contributed by atoms with E-state index in [-0.39, 0.29) is 6.61 Å². The van der Waals surface area contributed by atoms with Gasteiger partial charge in [0, 0.05) is 11.8 Å². The second kappa shape index (κ2) is 12.8. The Kier molecular flexibility index (Phi) is 9.26. The van der Waals surface area contributed by atoms with Gasteiger partial charge in [0.2, 0.25) is 0 Å². The lowest BCUT2D eigenvalue weighted by molar-refractivity contribution is -0.243. The second-order valence-corrected chi connectivity index (χ2v) is 9.14. The zero-order valence-corrected chi connectivity index (χ0v) is 22.3. The van der Waals surface area contributed by atoms with E-state index in [1.165, 1.54) is 0 Å². The molecule has 1 fully saturated rings. The first-order valence-electron chi connectivity index (χ1n) is 12.6. The van der Waals surface area contributed by atoms with Crippen molar-refractivity contribution in [3.63, 3.8) is 0 Å². The molecule has 2 unspecified atom stereocenters. The van der Waals surface area contributed by atoms with E-state index in [1.54, 1.807) is 14.2 Å². The maximum Gasteiger partial charge on any atom is 0.303 e. The van der Waals surface area contributed by atoms with Crippen molar-refractivity contribution in [3.05, 3.63) is 106 Å². The number of benzene rings is 3. The van der Waals surface area contributed by atoms with Crippen molar-refractivity contribution in [2.75, 3.05) is 20.8 Å². The third kappa shape index (κ3) is 5.89. The van der Waals surface area contributed by atoms with E-state index in [9.17, 15) is 15.0 Å². The van der Waals surface area contributed by atoms with Crippen LogP contribution in [0.1, 0.15) is 23.6 Å². The van der Waals surface area contributed by atoms with Crippen LogP contribution in [0.3, 0.4) is 0 Å². The fourth-order valence-electron chi connectivity index (χ4n) is 4.80. The Balaban J connectivity index is 1.78. The van der Waals surface area contributed by atoms with Gasteiger partial charge in [-0.1, -0.05) is 59.7 Å². The molecule has 0 aromatic heterocycles. The van der Waals surface area contributed by atoms with Crippen molar-refractivity contribution < 1.29 is 38.7 Å². The van der Waals surface area contributed by atoms with Gasteiger partial charge >= 0.3 is 5.97 Å². The number of aliphatic hydroxyl groups excluding tert-OH is 2. The van der Waals surface area contributed by atoms with Crippen LogP contribution in [0.2, 0.25) is 0 Å². The average Bonchev–Trinajstić information content (AvgIpc) is 2.98. The summed E-state index contributed by atoms with van der Waals surface area (Å²) in [7, 11) is 3.16. The molecular formula is C29H31N3O8. The van der Waals surface area contributed by atoms with Crippen molar-refractivity contribution in [1.29, 1.82) is 0 Å². The molecule has 11 heteroatoms. The summed E-state index contributed by atoms with van der Waals surface area (Å²) in [5, 5.41) is 25.3. The molecule has 1 aliphatic rings. The van der Waals surface area contributed by atoms with Crippen LogP contribution in [0.5, 0.6) is 11.5 Å². The van der Waals surface area contributed by atoms with Crippen LogP contribution in [0, 0.1) is 0 Å². The average molecular weight is 550 g/mol. The van der Waals surface area contributed by atoms with Crippen molar-refractivity contribution >= 4 is 5.97 Å². The largest absolute Gasteiger partial charge is 0.497 e. The maximum atomic E-state index is 11.6. The number of nitrogens with zero attached hydrogens (tertiary/aromatic N) is 3. The second-order valence-electron chi connectivity index (χ2n) is 9.14. The van der Waals surface area contributed by atoms with E-state index >= 15 is 0 Å². The molecular weight excluding hydrogens is 518 g/mol. The number of hydrogen-bond acceptors (Lipinski definition) is 9. The molecule has 3 aromatic rings. The smallest absolute Gasteiger partial charge is 0.303 e. The first-order chi connectivity index (χ1) is 19.3. The first-order valence-corrected chi connectivity index (χ1v) is 12.6. The van der Waals surface area contributed by atoms with Crippen LogP contribution in [0.25, 0.3) is 10.4 Å². The molecule has 0 aliphatic carbocycles. The van der Waals surface area contributed by atoms with Crippen LogP contribution in [0.15, 0.2) is 84.0 Å². The van der Waals surface area contributed by atoms with Crippen LogP contribution >= 0.6 is 0 Å². The third-order valence-corrected chi connectivity index (χ3v) is 6.77. The fourth-order valence-corrected chi connectivity index (χ4v) is 4.80. The van der Waals surface area contributed by atoms with E-state index in [4.69, 9.17) is 29.2 Å². The Labute approximate surface area is 231 Å². The van der Waals surface area contributed by atoms with Crippen LogP contribution in [-0.4, -0.2) is 67.7 Å². The molecule has 4 rings (SSSR count). The van der Waals surface area contributed by atoms with E-state index in [1.807, 2.05) is 78.9 Å². The van der Waals surface area contributed by atoms with Crippen molar-refractivity contribution in [2.45, 2.75) is 43.2 Å². The molecule has 0 spiro atoms. The summed E-state index contributed by atoms with van der Waals surface area (Å²) in [5.74, 6) is 0.585. The molecule has 1 heterocycles. The van der Waals surface area contributed by atoms with Gasteiger partial charge in [-0.25, -0.2) is 0 Å². The highest BCUT2D eigenvalue weighted by atomic mass is 16.6. The standard InChI is InChI=1S/C29H31N3O8/c1-18(33)39-27-26(35)25(34)24(40-28(27)31-32-30)17-38-29(19-7-5-4-6-8-19,20-9-13-22(36-2)14-10-20)21-11-15-23(37-3)16-12-21/h4-16,24-28,34-35H,17H2,1-3H3/t24?,25-,26-,27?,28+/m0/s1. The fraction of sp³-hybridized carbons (Fsp3) is 0.345. The minimum atomic E-state index is -1.59. The molecule has 1 saturated heterocycles. The van der Waals surface area contributed by atoms with Gasteiger partial charge in [-0.05, 0) is 46.5 Å². The quantitative estimate of drug-likeness (QED) is 0.128. The molecule has 3 aromatic carbocycles. The highest BCUT2D eigenvalue weighted by molar-refractivity contribution is 5.66. The Morgan fingerprint density at radius 1 is 0.900 bits per heavy atom. The van der Waals surface area contributed by atoms with Crippen molar-refractivity contribution in [2.24, 2.45) is 5.11 Å². The SMILES string of the molecule is COc1ccc(C(OCC2O[C@@H](N=[N+]=[N-])C(OC(C)=O)[C@@H](O)[C@H]2O)(c2ccccc2)c2ccc(OC)cc2)cc1. The molecule has 2 N–H and O–H groups in total. The van der Waals surface area contributed by atoms with Gasteiger partial charge in [-0.3, -0.25) is 4.79 Å². The summed E-state index contributed by atoms with van der Waals surface area (Å²) in [5.41, 5.74) is 10.1. The number of hydrogen-bond donors (Lipinski definition) is 2. The van der Waals surface area contributed by atoms with Gasteiger partial charge < -0.3 is 33.9 Å². The van der Waals surface area contributed by atoms with Gasteiger partial charge in [0.15, 0.2) is 12.3 Å². The van der Waals surface area contributed by atoms with Crippen LogP contribution in [0.4, 0.5) is 0 Å². The number of esters is 1. The van der Waals surface area contributed by atoms with E-state index < -0.39 is 42.2 Å². The minimum absolute atomic E-state index is 0.241. The Bertz CT molecular complexity index is 1270. The number of rotatable bonds is 10. The summed E-state index contributed by atoms with van der Waals surface area (Å²) in [4.78, 5) is 14.3. The summed E-state index contributed by atoms with van der Waals surface area (Å²) < 4.78 is 28.3. The van der Waals surface area contributed by atoms with Crippen molar-refractivity contribution in [3.8, 4) is 11.5 Å². The topological polar surface area (TPSA) is 152 Å². The molecule has 0 bridgehead atoms. The zero-order valence-electron chi connectivity index (χ0n) is 22.3. The van der Waals surface area contributed by atoms with E-state index in [0.717, 1.165) is 23.6 Å². The number of ether oxygens (including phenoxy) is 5. The van der Waals surface area contributed by atoms with Gasteiger partial charge in [-0.2, -0.15) is 0 Å². The summed E-state index contributed by atoms with van der Waals surface area (Å²) in [6, 6.07) is 24.3. The highest BCUT2D eigenvalue weighted by Crippen LogP contribution is 2.42. The number of methoxy groups -OCH3 is 2. The molecule has 0 saturated carbocycles. The minimum Gasteiger partial charge on any atom is -0.497 e. The van der Waals surface area contributed by atoms with E-state index in [0.29, 0.717) is 11.5 Å². The van der Waals surface area contributed by atoms with Gasteiger partial charge in [0.1, 0.15) is 35.4 Å². The third-order valence-electron chi connectivity index (χ3n) is 6.77. The Morgan fingerprint density at radius 2 is 1.43 bits per heavy atom. The molecule has 5 atom stereocenters. The summed E-state index contributed by atoms with van der Waals surface area (Å²) >= 11 is 0. The number of azide groups is 1. The van der Waals surface area contributed by atoms with Crippen LogP contribution in [-0.2, 0) is 24.6 Å². The number of aliphatic hydroxyl groups is 2. The number of carbonyl (C=O) groups excluding carboxylic acids is 1. The molecule has 0 amide bonds. The zero-order chi connectivity index (χ0) is 28.7. The molecule has 0 radical (unpaired) electrons. The van der Waals surface area contributed by atoms with Gasteiger partial charge in [-0.15, -0.1) is 0 Å². The Hall–Kier alpha value is -4.12. The number of carbonyl (C=O) groups is 1. The lowest BCUT2D eigenvalue weighted by atomic mass is 9.80. The monoisotopic (exact) mass is 549 g/mol. The predicted octanol–water partition coefficient (Wildman–Crippen LogP) is 3.70.